The van der Waals surface area contributed by atoms with Crippen LogP contribution in [0, 0.1) is 5.41 Å². The van der Waals surface area contributed by atoms with Crippen molar-refractivity contribution in [3.05, 3.63) is 29.8 Å². The van der Waals surface area contributed by atoms with Crippen molar-refractivity contribution >= 4 is 11.9 Å². The van der Waals surface area contributed by atoms with Crippen LogP contribution in [0.2, 0.25) is 0 Å². The molecule has 0 fully saturated rings. The lowest BCUT2D eigenvalue weighted by Gasteiger charge is -2.28. The predicted molar refractivity (Wildman–Crippen MR) is 73.5 cm³/mol. The number of hydrogen-bond donors (Lipinski definition) is 2. The molecule has 1 aromatic carbocycles. The number of amides is 1. The molecule has 0 saturated heterocycles. The predicted octanol–water partition coefficient (Wildman–Crippen LogP) is 2.13. The van der Waals surface area contributed by atoms with Crippen LogP contribution < -0.4 is 10.1 Å². The van der Waals surface area contributed by atoms with Gasteiger partial charge in [-0.15, -0.1) is 0 Å². The van der Waals surface area contributed by atoms with Crippen molar-refractivity contribution < 1.29 is 19.4 Å². The summed E-state index contributed by atoms with van der Waals surface area (Å²) in [4.78, 5) is 23.1. The van der Waals surface area contributed by atoms with Gasteiger partial charge in [-0.05, 0) is 19.9 Å². The van der Waals surface area contributed by atoms with Crippen LogP contribution in [0.15, 0.2) is 24.3 Å². The molecule has 5 heteroatoms. The number of carboxylic acids is 1. The Kier molecular flexibility index (Phi) is 3.97. The highest BCUT2D eigenvalue weighted by Crippen LogP contribution is 2.32. The first-order chi connectivity index (χ1) is 9.40. The molecule has 2 rings (SSSR count). The summed E-state index contributed by atoms with van der Waals surface area (Å²) >= 11 is 0. The van der Waals surface area contributed by atoms with Crippen LogP contribution in [0.25, 0.3) is 0 Å². The van der Waals surface area contributed by atoms with E-state index < -0.39 is 11.4 Å². The summed E-state index contributed by atoms with van der Waals surface area (Å²) in [5.41, 5.74) is -0.116. The fraction of sp³-hybridized carbons (Fsp3) is 0.467. The number of hydrogen-bond acceptors (Lipinski definition) is 3. The van der Waals surface area contributed by atoms with Gasteiger partial charge in [0.2, 0.25) is 5.91 Å². The maximum atomic E-state index is 12.0. The maximum absolute atomic E-state index is 12.0. The van der Waals surface area contributed by atoms with Gasteiger partial charge in [0.05, 0.1) is 18.1 Å². The van der Waals surface area contributed by atoms with Crippen LogP contribution in [0.4, 0.5) is 0 Å². The minimum atomic E-state index is -1.06. The van der Waals surface area contributed by atoms with Crippen LogP contribution >= 0.6 is 0 Å². The Labute approximate surface area is 117 Å². The molecule has 0 spiro atoms. The van der Waals surface area contributed by atoms with E-state index in [4.69, 9.17) is 9.84 Å². The second-order valence-corrected chi connectivity index (χ2v) is 5.66. The van der Waals surface area contributed by atoms with E-state index in [1.807, 2.05) is 24.3 Å². The second-order valence-electron chi connectivity index (χ2n) is 5.66. The zero-order valence-electron chi connectivity index (χ0n) is 11.7. The number of ether oxygens (including phenoxy) is 1. The lowest BCUT2D eigenvalue weighted by Crippen LogP contribution is -2.37. The molecular formula is C15H19NO4. The van der Waals surface area contributed by atoms with Crippen LogP contribution in [0.3, 0.4) is 0 Å². The molecule has 1 aliphatic rings. The number of rotatable bonds is 4. The van der Waals surface area contributed by atoms with Crippen molar-refractivity contribution in [3.63, 3.8) is 0 Å². The summed E-state index contributed by atoms with van der Waals surface area (Å²) in [6, 6.07) is 7.46. The molecule has 5 nitrogen and oxygen atoms in total. The lowest BCUT2D eigenvalue weighted by atomic mass is 9.89. The zero-order chi connectivity index (χ0) is 14.8. The SMILES string of the molecule is CC(C)(CC(=O)NC1CCOc2ccccc21)C(=O)O. The van der Waals surface area contributed by atoms with Gasteiger partial charge >= 0.3 is 5.97 Å². The number of fused-ring (bicyclic) bond motifs is 1. The zero-order valence-corrected chi connectivity index (χ0v) is 11.7. The van der Waals surface area contributed by atoms with E-state index in [0.717, 1.165) is 11.3 Å². The molecule has 0 aromatic heterocycles. The molecule has 1 aliphatic heterocycles. The monoisotopic (exact) mass is 277 g/mol. The molecule has 20 heavy (non-hydrogen) atoms. The topological polar surface area (TPSA) is 75.6 Å². The summed E-state index contributed by atoms with van der Waals surface area (Å²) in [5, 5.41) is 12.0. The third-order valence-corrected chi connectivity index (χ3v) is 3.48. The summed E-state index contributed by atoms with van der Waals surface area (Å²) in [6.07, 6.45) is 0.651. The van der Waals surface area contributed by atoms with Crippen LogP contribution in [0.1, 0.15) is 38.3 Å². The molecule has 1 aromatic rings. The van der Waals surface area contributed by atoms with Crippen molar-refractivity contribution in [2.24, 2.45) is 5.41 Å². The molecule has 1 amide bonds. The Hall–Kier alpha value is -2.04. The quantitative estimate of drug-likeness (QED) is 0.884. The number of carboxylic acid groups (broad SMARTS) is 1. The molecule has 1 heterocycles. The van der Waals surface area contributed by atoms with Gasteiger partial charge in [0.15, 0.2) is 0 Å². The Morgan fingerprint density at radius 3 is 2.80 bits per heavy atom. The van der Waals surface area contributed by atoms with Crippen molar-refractivity contribution in [2.75, 3.05) is 6.61 Å². The number of carbonyl (C=O) groups is 2. The minimum Gasteiger partial charge on any atom is -0.493 e. The third kappa shape index (κ3) is 3.10. The van der Waals surface area contributed by atoms with Crippen LogP contribution in [0.5, 0.6) is 5.75 Å². The van der Waals surface area contributed by atoms with Gasteiger partial charge in [0, 0.05) is 18.4 Å². The number of carbonyl (C=O) groups excluding carboxylic acids is 1. The first-order valence-corrected chi connectivity index (χ1v) is 6.64. The normalized spacial score (nSPS) is 17.8. The number of benzene rings is 1. The van der Waals surface area contributed by atoms with Crippen molar-refractivity contribution in [1.29, 1.82) is 0 Å². The molecular weight excluding hydrogens is 258 g/mol. The fourth-order valence-corrected chi connectivity index (χ4v) is 2.21. The summed E-state index contributed by atoms with van der Waals surface area (Å²) < 4.78 is 5.53. The summed E-state index contributed by atoms with van der Waals surface area (Å²) in [5.74, 6) is -0.444. The largest absolute Gasteiger partial charge is 0.493 e. The molecule has 1 atom stereocenters. The average molecular weight is 277 g/mol. The summed E-state index contributed by atoms with van der Waals surface area (Å²) in [7, 11) is 0. The Balaban J connectivity index is 2.05. The molecule has 0 bridgehead atoms. The number of nitrogens with one attached hydrogen (secondary N) is 1. The van der Waals surface area contributed by atoms with Crippen LogP contribution in [-0.2, 0) is 9.59 Å². The highest BCUT2D eigenvalue weighted by atomic mass is 16.5. The molecule has 0 radical (unpaired) electrons. The molecule has 108 valence electrons. The number of aliphatic carboxylic acids is 1. The van der Waals surface area contributed by atoms with Crippen molar-refractivity contribution in [1.82, 2.24) is 5.32 Å². The number of para-hydroxylation sites is 1. The van der Waals surface area contributed by atoms with Crippen LogP contribution in [-0.4, -0.2) is 23.6 Å². The molecule has 0 saturated carbocycles. The Morgan fingerprint density at radius 2 is 2.10 bits per heavy atom. The van der Waals surface area contributed by atoms with Gasteiger partial charge in [-0.3, -0.25) is 9.59 Å². The molecule has 0 aliphatic carbocycles. The van der Waals surface area contributed by atoms with Gasteiger partial charge < -0.3 is 15.2 Å². The first-order valence-electron chi connectivity index (χ1n) is 6.64. The van der Waals surface area contributed by atoms with Gasteiger partial charge in [0.25, 0.3) is 0 Å². The maximum Gasteiger partial charge on any atom is 0.309 e. The fourth-order valence-electron chi connectivity index (χ4n) is 2.21. The molecule has 2 N–H and O–H groups in total. The van der Waals surface area contributed by atoms with Gasteiger partial charge in [0.1, 0.15) is 5.75 Å². The van der Waals surface area contributed by atoms with E-state index in [9.17, 15) is 9.59 Å². The van der Waals surface area contributed by atoms with E-state index in [1.165, 1.54) is 0 Å². The highest BCUT2D eigenvalue weighted by Gasteiger charge is 2.31. The van der Waals surface area contributed by atoms with Crippen molar-refractivity contribution in [2.45, 2.75) is 32.7 Å². The third-order valence-electron chi connectivity index (χ3n) is 3.48. The first kappa shape index (κ1) is 14.4. The van der Waals surface area contributed by atoms with Gasteiger partial charge in [-0.2, -0.15) is 0 Å². The second kappa shape index (κ2) is 5.53. The minimum absolute atomic E-state index is 0.0398. The van der Waals surface area contributed by atoms with E-state index in [2.05, 4.69) is 5.32 Å². The van der Waals surface area contributed by atoms with Crippen molar-refractivity contribution in [3.8, 4) is 5.75 Å². The van der Waals surface area contributed by atoms with E-state index in [-0.39, 0.29) is 18.4 Å². The van der Waals surface area contributed by atoms with Gasteiger partial charge in [-0.1, -0.05) is 18.2 Å². The average Bonchev–Trinajstić information content (AvgIpc) is 2.38. The van der Waals surface area contributed by atoms with E-state index in [1.54, 1.807) is 13.8 Å². The van der Waals surface area contributed by atoms with E-state index in [0.29, 0.717) is 13.0 Å². The Morgan fingerprint density at radius 1 is 1.40 bits per heavy atom. The molecule has 1 unspecified atom stereocenters. The van der Waals surface area contributed by atoms with Gasteiger partial charge in [-0.25, -0.2) is 0 Å². The smallest absolute Gasteiger partial charge is 0.309 e. The highest BCUT2D eigenvalue weighted by molar-refractivity contribution is 5.84. The van der Waals surface area contributed by atoms with E-state index >= 15 is 0 Å². The summed E-state index contributed by atoms with van der Waals surface area (Å²) in [6.45, 7) is 3.64. The lowest BCUT2D eigenvalue weighted by molar-refractivity contribution is -0.149. The standard InChI is InChI=1S/C15H19NO4/c1-15(2,14(18)19)9-13(17)16-11-7-8-20-12-6-4-3-5-10(11)12/h3-6,11H,7-9H2,1-2H3,(H,16,17)(H,18,19). The Bertz CT molecular complexity index is 524.